The van der Waals surface area contributed by atoms with Crippen LogP contribution in [-0.4, -0.2) is 22.2 Å². The Hall–Kier alpha value is -2.04. The number of rotatable bonds is 4. The second-order valence-corrected chi connectivity index (χ2v) is 1.48. The second kappa shape index (κ2) is 9.96. The van der Waals surface area contributed by atoms with Gasteiger partial charge < -0.3 is 14.9 Å². The van der Waals surface area contributed by atoms with Gasteiger partial charge in [0.05, 0.1) is 12.5 Å². The first kappa shape index (κ1) is 13.5. The zero-order valence-electron chi connectivity index (χ0n) is 6.84. The summed E-state index contributed by atoms with van der Waals surface area (Å²) < 4.78 is 4.36. The quantitative estimate of drug-likeness (QED) is 0.505. The average molecular weight is 186 g/mol. The Morgan fingerprint density at radius 3 is 1.38 bits per heavy atom. The molecule has 0 aliphatic heterocycles. The molecule has 5 nitrogen and oxygen atoms in total. The molecule has 0 aromatic heterocycles. The summed E-state index contributed by atoms with van der Waals surface area (Å²) in [4.78, 5) is 19.1. The van der Waals surface area contributed by atoms with Gasteiger partial charge in [-0.2, -0.15) is 0 Å². The summed E-state index contributed by atoms with van der Waals surface area (Å²) in [5.41, 5.74) is 0. The van der Waals surface area contributed by atoms with Crippen molar-refractivity contribution in [2.45, 2.75) is 0 Å². The molecule has 0 bridgehead atoms. The lowest BCUT2D eigenvalue weighted by atomic mass is 10.5. The lowest BCUT2D eigenvalue weighted by molar-refractivity contribution is -0.134. The fraction of sp³-hybridized carbons (Fsp3) is 0. The molecule has 0 aliphatic carbocycles. The van der Waals surface area contributed by atoms with Crippen LogP contribution in [0.3, 0.4) is 0 Å². The minimum atomic E-state index is -1.26. The molecule has 0 radical (unpaired) electrons. The molecule has 0 aromatic rings. The highest BCUT2D eigenvalue weighted by Crippen LogP contribution is 1.70. The van der Waals surface area contributed by atoms with E-state index >= 15 is 0 Å². The molecule has 0 amide bonds. The lowest BCUT2D eigenvalue weighted by Crippen LogP contribution is -1.91. The Morgan fingerprint density at radius 1 is 1.00 bits per heavy atom. The monoisotopic (exact) mass is 186 g/mol. The van der Waals surface area contributed by atoms with Gasteiger partial charge in [-0.25, -0.2) is 9.59 Å². The van der Waals surface area contributed by atoms with E-state index in [-0.39, 0.29) is 0 Å². The van der Waals surface area contributed by atoms with Crippen LogP contribution in [0.5, 0.6) is 0 Å². The summed E-state index contributed by atoms with van der Waals surface area (Å²) in [6, 6.07) is 0. The summed E-state index contributed by atoms with van der Waals surface area (Å²) in [5.74, 6) is -2.51. The largest absolute Gasteiger partial charge is 0.478 e. The van der Waals surface area contributed by atoms with Gasteiger partial charge in [0.2, 0.25) is 0 Å². The predicted octanol–water partition coefficient (Wildman–Crippen LogP) is 1.00. The van der Waals surface area contributed by atoms with Gasteiger partial charge in [-0.15, -0.1) is 0 Å². The molecule has 72 valence electrons. The lowest BCUT2D eigenvalue weighted by Gasteiger charge is -1.76. The molecule has 0 saturated heterocycles. The van der Waals surface area contributed by atoms with Crippen LogP contribution in [0.15, 0.2) is 37.8 Å². The third-order valence-corrected chi connectivity index (χ3v) is 0.561. The third kappa shape index (κ3) is 25.7. The highest BCUT2D eigenvalue weighted by Gasteiger charge is 1.88. The molecule has 0 saturated carbocycles. The Kier molecular flexibility index (Phi) is 10.4. The first-order chi connectivity index (χ1) is 6.04. The summed E-state index contributed by atoms with van der Waals surface area (Å²) in [6.07, 6.45) is 3.74. The van der Waals surface area contributed by atoms with Gasteiger partial charge in [0.25, 0.3) is 0 Å². The van der Waals surface area contributed by atoms with Crippen molar-refractivity contribution in [3.8, 4) is 0 Å². The van der Waals surface area contributed by atoms with E-state index in [2.05, 4.69) is 17.9 Å². The zero-order chi connectivity index (χ0) is 10.7. The van der Waals surface area contributed by atoms with Crippen molar-refractivity contribution in [1.29, 1.82) is 0 Å². The van der Waals surface area contributed by atoms with Crippen LogP contribution < -0.4 is 0 Å². The van der Waals surface area contributed by atoms with Crippen molar-refractivity contribution in [3.05, 3.63) is 37.8 Å². The minimum Gasteiger partial charge on any atom is -0.478 e. The standard InChI is InChI=1S/C4H4O4.C4H6O/c5-3(6)1-2-4(7)8;1-3-5-4-2/h1-2H,(H,5,6)(H,7,8);3-4H,1-2H2. The van der Waals surface area contributed by atoms with E-state index in [9.17, 15) is 9.59 Å². The van der Waals surface area contributed by atoms with E-state index in [0.29, 0.717) is 12.2 Å². The topological polar surface area (TPSA) is 83.8 Å². The van der Waals surface area contributed by atoms with Crippen molar-refractivity contribution in [3.63, 3.8) is 0 Å². The number of aliphatic carboxylic acids is 2. The van der Waals surface area contributed by atoms with Crippen LogP contribution >= 0.6 is 0 Å². The average Bonchev–Trinajstić information content (AvgIpc) is 2.03. The maximum absolute atomic E-state index is 9.55. The van der Waals surface area contributed by atoms with Gasteiger partial charge in [-0.3, -0.25) is 0 Å². The van der Waals surface area contributed by atoms with Crippen LogP contribution in [-0.2, 0) is 14.3 Å². The number of ether oxygens (including phenoxy) is 1. The van der Waals surface area contributed by atoms with Crippen molar-refractivity contribution < 1.29 is 24.5 Å². The van der Waals surface area contributed by atoms with E-state index in [4.69, 9.17) is 10.2 Å². The molecule has 0 aromatic carbocycles. The third-order valence-electron chi connectivity index (χ3n) is 0.561. The summed E-state index contributed by atoms with van der Waals surface area (Å²) in [5, 5.41) is 15.6. The van der Waals surface area contributed by atoms with E-state index in [1.807, 2.05) is 0 Å². The molecule has 0 spiro atoms. The zero-order valence-corrected chi connectivity index (χ0v) is 6.84. The molecule has 0 unspecified atom stereocenters. The van der Waals surface area contributed by atoms with Gasteiger partial charge in [-0.1, -0.05) is 13.2 Å². The smallest absolute Gasteiger partial charge is 0.328 e. The van der Waals surface area contributed by atoms with Crippen molar-refractivity contribution in [2.24, 2.45) is 0 Å². The molecule has 13 heavy (non-hydrogen) atoms. The highest BCUT2D eigenvalue weighted by atomic mass is 16.5. The van der Waals surface area contributed by atoms with E-state index in [1.54, 1.807) is 0 Å². The molecular formula is C8H10O5. The number of hydrogen-bond acceptors (Lipinski definition) is 3. The van der Waals surface area contributed by atoms with Gasteiger partial charge in [-0.05, 0) is 0 Å². The van der Waals surface area contributed by atoms with Gasteiger partial charge in [0.15, 0.2) is 0 Å². The van der Waals surface area contributed by atoms with Crippen molar-refractivity contribution in [2.75, 3.05) is 0 Å². The number of carboxylic acids is 2. The van der Waals surface area contributed by atoms with E-state index in [1.165, 1.54) is 12.5 Å². The Balaban J connectivity index is 0. The molecule has 0 rings (SSSR count). The summed E-state index contributed by atoms with van der Waals surface area (Å²) in [7, 11) is 0. The Morgan fingerprint density at radius 2 is 1.31 bits per heavy atom. The van der Waals surface area contributed by atoms with Gasteiger partial charge >= 0.3 is 11.9 Å². The number of carboxylic acid groups (broad SMARTS) is 2. The molecule has 5 heteroatoms. The van der Waals surface area contributed by atoms with Crippen LogP contribution in [0.4, 0.5) is 0 Å². The maximum atomic E-state index is 9.55. The van der Waals surface area contributed by atoms with Gasteiger partial charge in [0.1, 0.15) is 0 Å². The van der Waals surface area contributed by atoms with Crippen LogP contribution in [0, 0.1) is 0 Å². The molecule has 0 atom stereocenters. The van der Waals surface area contributed by atoms with Gasteiger partial charge in [0, 0.05) is 12.2 Å². The molecular weight excluding hydrogens is 176 g/mol. The number of hydrogen-bond donors (Lipinski definition) is 2. The Labute approximate surface area is 75.3 Å². The fourth-order valence-electron chi connectivity index (χ4n) is 0.211. The molecule has 0 aliphatic rings. The Bertz CT molecular complexity index is 195. The first-order valence-corrected chi connectivity index (χ1v) is 3.05. The minimum absolute atomic E-state index is 0.558. The van der Waals surface area contributed by atoms with Crippen molar-refractivity contribution >= 4 is 11.9 Å². The normalized spacial score (nSPS) is 8.00. The van der Waals surface area contributed by atoms with Crippen LogP contribution in [0.1, 0.15) is 0 Å². The highest BCUT2D eigenvalue weighted by molar-refractivity contribution is 5.89. The maximum Gasteiger partial charge on any atom is 0.328 e. The first-order valence-electron chi connectivity index (χ1n) is 3.05. The second-order valence-electron chi connectivity index (χ2n) is 1.48. The van der Waals surface area contributed by atoms with E-state index in [0.717, 1.165) is 0 Å². The van der Waals surface area contributed by atoms with Crippen LogP contribution in [0.2, 0.25) is 0 Å². The fourth-order valence-corrected chi connectivity index (χ4v) is 0.211. The molecule has 0 heterocycles. The molecule has 2 N–H and O–H groups in total. The predicted molar refractivity (Wildman–Crippen MR) is 45.9 cm³/mol. The number of carbonyl (C=O) groups is 2. The summed E-state index contributed by atoms with van der Waals surface area (Å²) >= 11 is 0. The van der Waals surface area contributed by atoms with Crippen molar-refractivity contribution in [1.82, 2.24) is 0 Å². The summed E-state index contributed by atoms with van der Waals surface area (Å²) in [6.45, 7) is 6.51. The molecule has 0 fully saturated rings. The van der Waals surface area contributed by atoms with Crippen LogP contribution in [0.25, 0.3) is 0 Å². The SMILES string of the molecule is C=COC=C.O=C(O)C=CC(=O)O. The van der Waals surface area contributed by atoms with E-state index < -0.39 is 11.9 Å².